The molecule has 2 aliphatic rings. The summed E-state index contributed by atoms with van der Waals surface area (Å²) in [7, 11) is 1.63. The zero-order valence-corrected chi connectivity index (χ0v) is 16.4. The summed E-state index contributed by atoms with van der Waals surface area (Å²) in [6.07, 6.45) is 0.651. The highest BCUT2D eigenvalue weighted by Crippen LogP contribution is 2.33. The molecule has 0 radical (unpaired) electrons. The van der Waals surface area contributed by atoms with Crippen LogP contribution in [0.5, 0.6) is 5.75 Å². The Morgan fingerprint density at radius 1 is 1.21 bits per heavy atom. The lowest BCUT2D eigenvalue weighted by Gasteiger charge is -2.26. The van der Waals surface area contributed by atoms with Crippen LogP contribution in [0.3, 0.4) is 0 Å². The number of nitrogens with zero attached hydrogens (tertiary/aromatic N) is 2. The van der Waals surface area contributed by atoms with Gasteiger partial charge >= 0.3 is 0 Å². The topological polar surface area (TPSA) is 75.4 Å². The molecule has 29 heavy (non-hydrogen) atoms. The van der Waals surface area contributed by atoms with Crippen LogP contribution in [-0.2, 0) is 9.59 Å². The molecule has 7 heteroatoms. The van der Waals surface area contributed by atoms with Gasteiger partial charge in [-0.25, -0.2) is 5.01 Å². The molecule has 2 heterocycles. The van der Waals surface area contributed by atoms with E-state index < -0.39 is 0 Å². The molecular weight excluding hydrogens is 368 g/mol. The number of ether oxygens (including phenoxy) is 1. The maximum Gasteiger partial charge on any atom is 0.298 e. The van der Waals surface area contributed by atoms with E-state index in [0.29, 0.717) is 19.5 Å². The van der Waals surface area contributed by atoms with E-state index >= 15 is 0 Å². The van der Waals surface area contributed by atoms with Crippen molar-refractivity contribution < 1.29 is 19.2 Å². The Kier molecular flexibility index (Phi) is 5.57. The second-order valence-corrected chi connectivity index (χ2v) is 7.35. The van der Waals surface area contributed by atoms with Crippen LogP contribution in [0.15, 0.2) is 59.7 Å². The number of methoxy groups -OCH3 is 1. The molecule has 7 nitrogen and oxygen atoms in total. The monoisotopic (exact) mass is 393 g/mol. The smallest absolute Gasteiger partial charge is 0.298 e. The first kappa shape index (κ1) is 19.1. The SMILES string of the molecule is COc1ccc([C@@H]2CC(c3ccccc3)=NN2C(=O)C[NH+]2CCNC(=O)C2)cc1. The van der Waals surface area contributed by atoms with Crippen LogP contribution in [0.4, 0.5) is 0 Å². The Hall–Kier alpha value is -3.19. The standard InChI is InChI=1S/C22H24N4O3/c1-29-18-9-7-17(8-10-18)20-13-19(16-5-3-2-4-6-16)24-26(20)22(28)15-25-12-11-23-21(27)14-25/h2-10,20H,11-15H2,1H3,(H,23,27)/p+1/t20-/m0/s1. The van der Waals surface area contributed by atoms with Gasteiger partial charge in [0.25, 0.3) is 11.8 Å². The van der Waals surface area contributed by atoms with Crippen LogP contribution in [0.2, 0.25) is 0 Å². The molecule has 4 rings (SSSR count). The predicted octanol–water partition coefficient (Wildman–Crippen LogP) is 0.388. The summed E-state index contributed by atoms with van der Waals surface area (Å²) in [4.78, 5) is 25.8. The number of benzene rings is 2. The summed E-state index contributed by atoms with van der Waals surface area (Å²) in [5, 5.41) is 9.10. The molecule has 1 fully saturated rings. The normalized spacial score (nSPS) is 21.5. The summed E-state index contributed by atoms with van der Waals surface area (Å²) >= 11 is 0. The molecule has 1 saturated heterocycles. The van der Waals surface area contributed by atoms with E-state index in [-0.39, 0.29) is 24.4 Å². The fourth-order valence-electron chi connectivity index (χ4n) is 3.83. The van der Waals surface area contributed by atoms with Gasteiger partial charge in [-0.2, -0.15) is 5.10 Å². The van der Waals surface area contributed by atoms with Gasteiger partial charge in [0.2, 0.25) is 0 Å². The van der Waals surface area contributed by atoms with E-state index in [4.69, 9.17) is 9.84 Å². The highest BCUT2D eigenvalue weighted by atomic mass is 16.5. The average Bonchev–Trinajstić information content (AvgIpc) is 3.20. The third kappa shape index (κ3) is 4.30. The van der Waals surface area contributed by atoms with Gasteiger partial charge in [-0.15, -0.1) is 0 Å². The lowest BCUT2D eigenvalue weighted by molar-refractivity contribution is -0.885. The quantitative estimate of drug-likeness (QED) is 0.772. The number of piperazine rings is 1. The van der Waals surface area contributed by atoms with Gasteiger partial charge in [-0.3, -0.25) is 9.59 Å². The number of rotatable bonds is 5. The first-order valence-corrected chi connectivity index (χ1v) is 9.83. The van der Waals surface area contributed by atoms with Gasteiger partial charge < -0.3 is 15.0 Å². The minimum atomic E-state index is -0.165. The number of hydrogen-bond acceptors (Lipinski definition) is 4. The lowest BCUT2D eigenvalue weighted by Crippen LogP contribution is -3.16. The Morgan fingerprint density at radius 2 is 1.97 bits per heavy atom. The largest absolute Gasteiger partial charge is 0.497 e. The van der Waals surface area contributed by atoms with Crippen LogP contribution >= 0.6 is 0 Å². The van der Waals surface area contributed by atoms with Gasteiger partial charge in [-0.05, 0) is 23.3 Å². The molecule has 0 spiro atoms. The van der Waals surface area contributed by atoms with Gasteiger partial charge in [0, 0.05) is 6.42 Å². The molecule has 2 aromatic carbocycles. The van der Waals surface area contributed by atoms with Crippen molar-refractivity contribution in [2.75, 3.05) is 33.3 Å². The molecule has 2 amide bonds. The zero-order chi connectivity index (χ0) is 20.2. The molecule has 2 atom stereocenters. The van der Waals surface area contributed by atoms with E-state index in [0.717, 1.165) is 34.0 Å². The molecule has 0 aliphatic carbocycles. The molecule has 0 saturated carbocycles. The van der Waals surface area contributed by atoms with Crippen molar-refractivity contribution in [2.24, 2.45) is 5.10 Å². The molecular formula is C22H25N4O3+. The fourth-order valence-corrected chi connectivity index (χ4v) is 3.83. The summed E-state index contributed by atoms with van der Waals surface area (Å²) in [5.41, 5.74) is 2.93. The summed E-state index contributed by atoms with van der Waals surface area (Å²) in [6.45, 7) is 1.92. The Balaban J connectivity index is 1.58. The van der Waals surface area contributed by atoms with Crippen LogP contribution in [0, 0.1) is 0 Å². The van der Waals surface area contributed by atoms with Crippen molar-refractivity contribution in [3.8, 4) is 5.75 Å². The Morgan fingerprint density at radius 3 is 2.66 bits per heavy atom. The number of carbonyl (C=O) groups excluding carboxylic acids is 2. The summed E-state index contributed by atoms with van der Waals surface area (Å²) < 4.78 is 5.26. The number of nitrogens with one attached hydrogen (secondary N) is 2. The minimum absolute atomic E-state index is 0.0133. The van der Waals surface area contributed by atoms with E-state index in [1.807, 2.05) is 54.6 Å². The van der Waals surface area contributed by atoms with Gasteiger partial charge in [-0.1, -0.05) is 42.5 Å². The number of quaternary nitrogens is 1. The molecule has 2 aliphatic heterocycles. The fraction of sp³-hybridized carbons (Fsp3) is 0.318. The second-order valence-electron chi connectivity index (χ2n) is 7.35. The number of hydrazone groups is 1. The number of carbonyl (C=O) groups is 2. The molecule has 2 aromatic rings. The Bertz CT molecular complexity index is 911. The number of amides is 2. The van der Waals surface area contributed by atoms with Crippen molar-refractivity contribution in [3.63, 3.8) is 0 Å². The van der Waals surface area contributed by atoms with E-state index in [2.05, 4.69) is 5.32 Å². The van der Waals surface area contributed by atoms with Crippen molar-refractivity contribution in [1.82, 2.24) is 10.3 Å². The van der Waals surface area contributed by atoms with Crippen LogP contribution < -0.4 is 15.0 Å². The molecule has 1 unspecified atom stereocenters. The highest BCUT2D eigenvalue weighted by Gasteiger charge is 2.35. The van der Waals surface area contributed by atoms with E-state index in [9.17, 15) is 9.59 Å². The van der Waals surface area contributed by atoms with Crippen molar-refractivity contribution in [3.05, 3.63) is 65.7 Å². The Labute approximate surface area is 169 Å². The maximum absolute atomic E-state index is 13.1. The van der Waals surface area contributed by atoms with Crippen LogP contribution in [-0.4, -0.2) is 55.8 Å². The van der Waals surface area contributed by atoms with Crippen LogP contribution in [0.25, 0.3) is 0 Å². The van der Waals surface area contributed by atoms with Crippen LogP contribution in [0.1, 0.15) is 23.6 Å². The van der Waals surface area contributed by atoms with Crippen molar-refractivity contribution >= 4 is 17.5 Å². The summed E-state index contributed by atoms with van der Waals surface area (Å²) in [5.74, 6) is 0.694. The predicted molar refractivity (Wildman–Crippen MR) is 109 cm³/mol. The number of hydrogen-bond donors (Lipinski definition) is 2. The van der Waals surface area contributed by atoms with Crippen molar-refractivity contribution in [2.45, 2.75) is 12.5 Å². The van der Waals surface area contributed by atoms with E-state index in [1.54, 1.807) is 12.1 Å². The van der Waals surface area contributed by atoms with Gasteiger partial charge in [0.1, 0.15) is 5.75 Å². The molecule has 2 N–H and O–H groups in total. The molecule has 150 valence electrons. The van der Waals surface area contributed by atoms with Gasteiger partial charge in [0.15, 0.2) is 13.1 Å². The third-order valence-electron chi connectivity index (χ3n) is 5.39. The second kappa shape index (κ2) is 8.45. The molecule has 0 aromatic heterocycles. The first-order valence-electron chi connectivity index (χ1n) is 9.83. The first-order chi connectivity index (χ1) is 14.1. The zero-order valence-electron chi connectivity index (χ0n) is 16.4. The highest BCUT2D eigenvalue weighted by molar-refractivity contribution is 6.03. The average molecular weight is 393 g/mol. The maximum atomic E-state index is 13.1. The third-order valence-corrected chi connectivity index (χ3v) is 5.39. The minimum Gasteiger partial charge on any atom is -0.497 e. The lowest BCUT2D eigenvalue weighted by atomic mass is 9.98. The van der Waals surface area contributed by atoms with Gasteiger partial charge in [0.05, 0.1) is 32.0 Å². The van der Waals surface area contributed by atoms with E-state index in [1.165, 1.54) is 0 Å². The molecule has 0 bridgehead atoms. The van der Waals surface area contributed by atoms with Crippen molar-refractivity contribution in [1.29, 1.82) is 0 Å². The summed E-state index contributed by atoms with van der Waals surface area (Å²) in [6, 6.07) is 17.5.